The fourth-order valence-electron chi connectivity index (χ4n) is 5.06. The molecule has 0 saturated heterocycles. The van der Waals surface area contributed by atoms with Crippen molar-refractivity contribution in [2.24, 2.45) is 7.05 Å². The molecule has 0 spiro atoms. The molecule has 0 aliphatic carbocycles. The molecule has 3 aromatic heterocycles. The highest BCUT2D eigenvalue weighted by Gasteiger charge is 2.36. The average molecular weight is 620 g/mol. The van der Waals surface area contributed by atoms with E-state index in [4.69, 9.17) is 0 Å². The maximum Gasteiger partial charge on any atom is 0.417 e. The summed E-state index contributed by atoms with van der Waals surface area (Å²) in [5.41, 5.74) is 0.910. The van der Waals surface area contributed by atoms with E-state index in [-0.39, 0.29) is 46.0 Å². The summed E-state index contributed by atoms with van der Waals surface area (Å²) in [6, 6.07) is 4.40. The minimum absolute atomic E-state index is 0.0319. The number of rotatable bonds is 4. The average Bonchev–Trinajstić information content (AvgIpc) is 3.51. The molecule has 0 bridgehead atoms. The first-order valence-electron chi connectivity index (χ1n) is 12.4. The van der Waals surface area contributed by atoms with Gasteiger partial charge in [-0.25, -0.2) is 9.08 Å². The van der Waals surface area contributed by atoms with Crippen LogP contribution in [0.3, 0.4) is 0 Å². The number of hydrogen-bond acceptors (Lipinski definition) is 5. The molecular weight excluding hydrogens is 595 g/mol. The van der Waals surface area contributed by atoms with Gasteiger partial charge in [-0.1, -0.05) is 22.9 Å². The SMILES string of the molecule is CCc1cnn2c3c(c(=O)n(-c4cc(C(=O)NC)n(C)n4)c12)CC(C)N(C(=O)c1ccc(Br)c(C(F)(F)F)c1)C3. The van der Waals surface area contributed by atoms with Crippen LogP contribution in [0.25, 0.3) is 11.5 Å². The summed E-state index contributed by atoms with van der Waals surface area (Å²) in [5, 5.41) is 11.5. The number of aryl methyl sites for hydroxylation is 2. The lowest BCUT2D eigenvalue weighted by Crippen LogP contribution is -2.46. The van der Waals surface area contributed by atoms with Gasteiger partial charge in [0.25, 0.3) is 17.4 Å². The van der Waals surface area contributed by atoms with Crippen LogP contribution in [-0.2, 0) is 32.6 Å². The van der Waals surface area contributed by atoms with Crippen molar-refractivity contribution >= 4 is 33.4 Å². The first-order valence-corrected chi connectivity index (χ1v) is 13.2. The van der Waals surface area contributed by atoms with Gasteiger partial charge in [-0.2, -0.15) is 23.4 Å². The summed E-state index contributed by atoms with van der Waals surface area (Å²) in [7, 11) is 3.10. The summed E-state index contributed by atoms with van der Waals surface area (Å²) in [6.07, 6.45) is -2.33. The van der Waals surface area contributed by atoms with Crippen molar-refractivity contribution in [1.29, 1.82) is 0 Å². The number of alkyl halides is 3. The fraction of sp³-hybridized carbons (Fsp3) is 0.346. The largest absolute Gasteiger partial charge is 0.417 e. The number of halogens is 4. The molecule has 1 unspecified atom stereocenters. The van der Waals surface area contributed by atoms with Gasteiger partial charge >= 0.3 is 6.18 Å². The van der Waals surface area contributed by atoms with E-state index >= 15 is 0 Å². The summed E-state index contributed by atoms with van der Waals surface area (Å²) in [6.45, 7) is 3.61. The first kappa shape index (κ1) is 27.6. The molecule has 210 valence electrons. The molecule has 1 aliphatic heterocycles. The van der Waals surface area contributed by atoms with Gasteiger partial charge in [-0.15, -0.1) is 0 Å². The Bertz CT molecular complexity index is 1740. The number of fused-ring (bicyclic) bond motifs is 3. The number of carbonyl (C=O) groups excluding carboxylic acids is 2. The van der Waals surface area contributed by atoms with Crippen molar-refractivity contribution in [2.45, 2.75) is 45.5 Å². The second-order valence-electron chi connectivity index (χ2n) is 9.59. The van der Waals surface area contributed by atoms with Crippen molar-refractivity contribution in [2.75, 3.05) is 7.05 Å². The van der Waals surface area contributed by atoms with Gasteiger partial charge in [0.1, 0.15) is 11.3 Å². The van der Waals surface area contributed by atoms with E-state index in [0.29, 0.717) is 23.3 Å². The van der Waals surface area contributed by atoms with Crippen LogP contribution in [0.15, 0.2) is 39.7 Å². The van der Waals surface area contributed by atoms with Gasteiger partial charge in [-0.3, -0.25) is 19.1 Å². The highest BCUT2D eigenvalue weighted by molar-refractivity contribution is 9.10. The van der Waals surface area contributed by atoms with E-state index < -0.39 is 23.7 Å². The van der Waals surface area contributed by atoms with Crippen LogP contribution in [0.5, 0.6) is 0 Å². The van der Waals surface area contributed by atoms with Gasteiger partial charge in [-0.05, 0) is 38.0 Å². The fourth-order valence-corrected chi connectivity index (χ4v) is 5.53. The predicted octanol–water partition coefficient (Wildman–Crippen LogP) is 3.51. The highest BCUT2D eigenvalue weighted by Crippen LogP contribution is 2.36. The highest BCUT2D eigenvalue weighted by atomic mass is 79.9. The predicted molar refractivity (Wildman–Crippen MR) is 143 cm³/mol. The number of amides is 2. The molecule has 5 rings (SSSR count). The van der Waals surface area contributed by atoms with Crippen LogP contribution >= 0.6 is 15.9 Å². The number of benzene rings is 1. The molecule has 0 radical (unpaired) electrons. The summed E-state index contributed by atoms with van der Waals surface area (Å²) < 4.78 is 44.7. The third-order valence-corrected chi connectivity index (χ3v) is 7.85. The van der Waals surface area contributed by atoms with Crippen molar-refractivity contribution in [3.63, 3.8) is 0 Å². The maximum atomic E-state index is 14.0. The van der Waals surface area contributed by atoms with Gasteiger partial charge in [0.05, 0.1) is 24.0 Å². The standard InChI is InChI=1S/C26H25BrF3N7O3/c1-5-14-11-32-37-20-12-35(24(39)15-6-7-18(27)17(9-15)26(28,29)30)13(2)8-16(20)25(40)36(23(14)37)21-10-19(22(38)31-3)34(4)33-21/h6-7,9-11,13H,5,8,12H2,1-4H3,(H,31,38). The number of nitrogens with zero attached hydrogens (tertiary/aromatic N) is 6. The van der Waals surface area contributed by atoms with E-state index in [9.17, 15) is 27.6 Å². The van der Waals surface area contributed by atoms with E-state index in [1.807, 2.05) is 6.92 Å². The molecular formula is C26H25BrF3N7O3. The van der Waals surface area contributed by atoms with Gasteiger partial charge < -0.3 is 10.2 Å². The van der Waals surface area contributed by atoms with E-state index in [1.165, 1.54) is 39.4 Å². The molecule has 4 heterocycles. The first-order chi connectivity index (χ1) is 18.9. The van der Waals surface area contributed by atoms with Crippen molar-refractivity contribution in [3.05, 3.63) is 78.9 Å². The zero-order valence-electron chi connectivity index (χ0n) is 22.0. The van der Waals surface area contributed by atoms with E-state index in [0.717, 1.165) is 11.6 Å². The number of carbonyl (C=O) groups is 2. The number of aromatic nitrogens is 5. The zero-order valence-corrected chi connectivity index (χ0v) is 23.6. The third kappa shape index (κ3) is 4.39. The number of nitrogens with one attached hydrogen (secondary N) is 1. The van der Waals surface area contributed by atoms with Crippen molar-refractivity contribution in [1.82, 2.24) is 34.2 Å². The van der Waals surface area contributed by atoms with E-state index in [2.05, 4.69) is 31.4 Å². The topological polar surface area (TPSA) is 107 Å². The summed E-state index contributed by atoms with van der Waals surface area (Å²) in [4.78, 5) is 41.2. The molecule has 40 heavy (non-hydrogen) atoms. The van der Waals surface area contributed by atoms with Crippen LogP contribution in [0.1, 0.15) is 57.1 Å². The van der Waals surface area contributed by atoms with Gasteiger partial charge in [0.15, 0.2) is 5.82 Å². The second kappa shape index (κ2) is 9.91. The quantitative estimate of drug-likeness (QED) is 0.376. The lowest BCUT2D eigenvalue weighted by atomic mass is 9.98. The Morgan fingerprint density at radius 3 is 2.60 bits per heavy atom. The Labute approximate surface area is 234 Å². The Morgan fingerprint density at radius 2 is 1.95 bits per heavy atom. The molecule has 14 heteroatoms. The number of hydrogen-bond donors (Lipinski definition) is 1. The molecule has 10 nitrogen and oxygen atoms in total. The summed E-state index contributed by atoms with van der Waals surface area (Å²) in [5.74, 6) is -0.706. The smallest absolute Gasteiger partial charge is 0.354 e. The molecule has 1 atom stereocenters. The minimum Gasteiger partial charge on any atom is -0.354 e. The van der Waals surface area contributed by atoms with E-state index in [1.54, 1.807) is 24.7 Å². The Kier molecular flexibility index (Phi) is 6.84. The third-order valence-electron chi connectivity index (χ3n) is 7.16. The molecule has 2 amide bonds. The van der Waals surface area contributed by atoms with Crippen LogP contribution in [0.2, 0.25) is 0 Å². The monoisotopic (exact) mass is 619 g/mol. The van der Waals surface area contributed by atoms with Crippen molar-refractivity contribution < 1.29 is 22.8 Å². The zero-order chi connectivity index (χ0) is 29.1. The molecule has 4 aromatic rings. The van der Waals surface area contributed by atoms with Gasteiger partial charge in [0, 0.05) is 47.4 Å². The summed E-state index contributed by atoms with van der Waals surface area (Å²) >= 11 is 2.91. The Morgan fingerprint density at radius 1 is 1.23 bits per heavy atom. The molecule has 1 aromatic carbocycles. The molecule has 0 saturated carbocycles. The van der Waals surface area contributed by atoms with Gasteiger partial charge in [0.2, 0.25) is 0 Å². The Balaban J connectivity index is 1.64. The molecule has 0 fully saturated rings. The lowest BCUT2D eigenvalue weighted by Gasteiger charge is -2.35. The van der Waals surface area contributed by atoms with Crippen LogP contribution in [0, 0.1) is 0 Å². The van der Waals surface area contributed by atoms with Crippen molar-refractivity contribution in [3.8, 4) is 5.82 Å². The van der Waals surface area contributed by atoms with Crippen LogP contribution < -0.4 is 10.9 Å². The minimum atomic E-state index is -4.64. The molecule has 1 aliphatic rings. The lowest BCUT2D eigenvalue weighted by molar-refractivity contribution is -0.138. The van der Waals surface area contributed by atoms with Crippen LogP contribution in [0.4, 0.5) is 13.2 Å². The Hall–Kier alpha value is -3.94. The second-order valence-corrected chi connectivity index (χ2v) is 10.4. The van der Waals surface area contributed by atoms with Crippen LogP contribution in [-0.4, -0.2) is 53.8 Å². The molecule has 1 N–H and O–H groups in total. The maximum absolute atomic E-state index is 14.0. The normalized spacial score (nSPS) is 15.4.